The highest BCUT2D eigenvalue weighted by Crippen LogP contribution is 2.24. The van der Waals surface area contributed by atoms with Crippen molar-refractivity contribution in [2.75, 3.05) is 18.0 Å². The third-order valence-electron chi connectivity index (χ3n) is 3.06. The van der Waals surface area contributed by atoms with Gasteiger partial charge in [-0.15, -0.1) is 0 Å². The maximum absolute atomic E-state index is 13.7. The first-order chi connectivity index (χ1) is 7.58. The van der Waals surface area contributed by atoms with Crippen LogP contribution in [0.5, 0.6) is 0 Å². The van der Waals surface area contributed by atoms with Crippen molar-refractivity contribution in [3.8, 4) is 0 Å². The Morgan fingerprint density at radius 1 is 1.62 bits per heavy atom. The van der Waals surface area contributed by atoms with Gasteiger partial charge >= 0.3 is 0 Å². The van der Waals surface area contributed by atoms with E-state index in [9.17, 15) is 4.39 Å². The summed E-state index contributed by atoms with van der Waals surface area (Å²) in [4.78, 5) is 6.09. The normalized spacial score (nSPS) is 25.9. The Balaban J connectivity index is 2.18. The summed E-state index contributed by atoms with van der Waals surface area (Å²) in [5, 5.41) is 0. The molecule has 0 radical (unpaired) electrons. The van der Waals surface area contributed by atoms with E-state index in [-0.39, 0.29) is 11.9 Å². The topological polar surface area (TPSA) is 42.2 Å². The third kappa shape index (κ3) is 2.35. The number of nitrogens with zero attached hydrogens (tertiary/aromatic N) is 2. The van der Waals surface area contributed by atoms with Gasteiger partial charge in [-0.1, -0.05) is 6.92 Å². The Morgan fingerprint density at radius 3 is 3.00 bits per heavy atom. The van der Waals surface area contributed by atoms with Gasteiger partial charge < -0.3 is 10.6 Å². The van der Waals surface area contributed by atoms with Crippen molar-refractivity contribution in [3.63, 3.8) is 0 Å². The van der Waals surface area contributed by atoms with Gasteiger partial charge in [-0.3, -0.25) is 0 Å². The molecule has 1 aromatic heterocycles. The van der Waals surface area contributed by atoms with E-state index >= 15 is 0 Å². The van der Waals surface area contributed by atoms with E-state index < -0.39 is 0 Å². The number of hydrogen-bond donors (Lipinski definition) is 1. The van der Waals surface area contributed by atoms with Crippen LogP contribution in [-0.2, 0) is 0 Å². The van der Waals surface area contributed by atoms with Gasteiger partial charge in [-0.05, 0) is 34.3 Å². The molecule has 0 saturated carbocycles. The highest BCUT2D eigenvalue weighted by atomic mass is 79.9. The van der Waals surface area contributed by atoms with Crippen molar-refractivity contribution in [1.82, 2.24) is 4.98 Å². The third-order valence-corrected chi connectivity index (χ3v) is 3.49. The van der Waals surface area contributed by atoms with E-state index in [0.717, 1.165) is 19.5 Å². The molecule has 2 atom stereocenters. The average Bonchev–Trinajstić information content (AvgIpc) is 2.22. The summed E-state index contributed by atoms with van der Waals surface area (Å²) in [6.45, 7) is 3.64. The van der Waals surface area contributed by atoms with Crippen LogP contribution in [0.1, 0.15) is 13.3 Å². The zero-order chi connectivity index (χ0) is 11.7. The van der Waals surface area contributed by atoms with Crippen LogP contribution < -0.4 is 10.6 Å². The van der Waals surface area contributed by atoms with E-state index in [2.05, 4.69) is 27.8 Å². The molecule has 0 aliphatic carbocycles. The molecule has 1 aromatic rings. The minimum atomic E-state index is -0.281. The monoisotopic (exact) mass is 287 g/mol. The Morgan fingerprint density at radius 2 is 2.38 bits per heavy atom. The van der Waals surface area contributed by atoms with Crippen LogP contribution in [0.15, 0.2) is 16.7 Å². The number of aromatic nitrogens is 1. The van der Waals surface area contributed by atoms with Gasteiger partial charge in [0.25, 0.3) is 0 Å². The zero-order valence-electron chi connectivity index (χ0n) is 9.16. The number of piperidine rings is 1. The molecule has 5 heteroatoms. The molecule has 2 rings (SSSR count). The molecule has 1 aliphatic rings. The van der Waals surface area contributed by atoms with Gasteiger partial charge in [0.05, 0.1) is 0 Å². The zero-order valence-corrected chi connectivity index (χ0v) is 10.7. The van der Waals surface area contributed by atoms with Crippen molar-refractivity contribution in [2.24, 2.45) is 11.7 Å². The van der Waals surface area contributed by atoms with Crippen LogP contribution in [0.2, 0.25) is 0 Å². The standard InChI is InChI=1S/C11H15BrFN3/c1-7-6-16(3-2-10(7)14)11-9(13)4-8(12)5-15-11/h4-5,7,10H,2-3,6,14H2,1H3. The summed E-state index contributed by atoms with van der Waals surface area (Å²) in [5.74, 6) is 0.526. The van der Waals surface area contributed by atoms with Gasteiger partial charge in [0.15, 0.2) is 11.6 Å². The Hall–Kier alpha value is -0.680. The van der Waals surface area contributed by atoms with E-state index in [4.69, 9.17) is 5.73 Å². The number of halogens is 2. The van der Waals surface area contributed by atoms with Crippen molar-refractivity contribution in [3.05, 3.63) is 22.6 Å². The molecule has 1 saturated heterocycles. The molecular formula is C11H15BrFN3. The average molecular weight is 288 g/mol. The summed E-state index contributed by atoms with van der Waals surface area (Å²) in [6.07, 6.45) is 2.51. The van der Waals surface area contributed by atoms with Crippen molar-refractivity contribution in [1.29, 1.82) is 0 Å². The molecule has 0 amide bonds. The van der Waals surface area contributed by atoms with E-state index in [0.29, 0.717) is 16.2 Å². The van der Waals surface area contributed by atoms with Gasteiger partial charge in [0, 0.05) is 29.8 Å². The first kappa shape index (κ1) is 11.8. The predicted molar refractivity (Wildman–Crippen MR) is 65.9 cm³/mol. The maximum atomic E-state index is 13.7. The fourth-order valence-corrected chi connectivity index (χ4v) is 2.30. The fraction of sp³-hybridized carbons (Fsp3) is 0.545. The smallest absolute Gasteiger partial charge is 0.166 e. The second-order valence-electron chi connectivity index (χ2n) is 4.33. The van der Waals surface area contributed by atoms with Gasteiger partial charge in [0.2, 0.25) is 0 Å². The second kappa shape index (κ2) is 4.67. The first-order valence-corrected chi connectivity index (χ1v) is 6.19. The van der Waals surface area contributed by atoms with Crippen LogP contribution in [0.25, 0.3) is 0 Å². The minimum Gasteiger partial charge on any atom is -0.354 e. The molecule has 2 N–H and O–H groups in total. The van der Waals surface area contributed by atoms with Crippen LogP contribution in [0, 0.1) is 11.7 Å². The molecule has 0 bridgehead atoms. The predicted octanol–water partition coefficient (Wildman–Crippen LogP) is 2.16. The lowest BCUT2D eigenvalue weighted by Crippen LogP contribution is -2.46. The molecule has 88 valence electrons. The van der Waals surface area contributed by atoms with Gasteiger partial charge in [-0.2, -0.15) is 0 Å². The molecule has 3 nitrogen and oxygen atoms in total. The van der Waals surface area contributed by atoms with E-state index in [1.165, 1.54) is 6.07 Å². The van der Waals surface area contributed by atoms with Crippen molar-refractivity contribution >= 4 is 21.7 Å². The van der Waals surface area contributed by atoms with Crippen molar-refractivity contribution < 1.29 is 4.39 Å². The number of hydrogen-bond acceptors (Lipinski definition) is 3. The summed E-state index contributed by atoms with van der Waals surface area (Å²) in [7, 11) is 0. The Kier molecular flexibility index (Phi) is 3.44. The van der Waals surface area contributed by atoms with Gasteiger partial charge in [-0.25, -0.2) is 9.37 Å². The lowest BCUT2D eigenvalue weighted by molar-refractivity contribution is 0.378. The molecule has 16 heavy (non-hydrogen) atoms. The van der Waals surface area contributed by atoms with Crippen LogP contribution in [-0.4, -0.2) is 24.1 Å². The van der Waals surface area contributed by atoms with E-state index in [1.807, 2.05) is 4.90 Å². The van der Waals surface area contributed by atoms with E-state index in [1.54, 1.807) is 6.20 Å². The molecule has 1 aliphatic heterocycles. The summed E-state index contributed by atoms with van der Waals surface area (Å²) in [6, 6.07) is 1.66. The summed E-state index contributed by atoms with van der Waals surface area (Å²) < 4.78 is 14.4. The molecular weight excluding hydrogens is 273 g/mol. The number of pyridine rings is 1. The van der Waals surface area contributed by atoms with Crippen LogP contribution in [0.4, 0.5) is 10.2 Å². The van der Waals surface area contributed by atoms with Crippen LogP contribution in [0.3, 0.4) is 0 Å². The second-order valence-corrected chi connectivity index (χ2v) is 5.25. The lowest BCUT2D eigenvalue weighted by atomic mass is 9.95. The fourth-order valence-electron chi connectivity index (χ4n) is 2.00. The molecule has 0 spiro atoms. The van der Waals surface area contributed by atoms with Crippen LogP contribution >= 0.6 is 15.9 Å². The summed E-state index contributed by atoms with van der Waals surface area (Å²) in [5.41, 5.74) is 5.93. The first-order valence-electron chi connectivity index (χ1n) is 5.39. The molecule has 2 heterocycles. The van der Waals surface area contributed by atoms with Gasteiger partial charge in [0.1, 0.15) is 0 Å². The summed E-state index contributed by atoms with van der Waals surface area (Å²) >= 11 is 3.20. The quantitative estimate of drug-likeness (QED) is 0.861. The number of rotatable bonds is 1. The highest BCUT2D eigenvalue weighted by Gasteiger charge is 2.25. The Labute approximate surface area is 103 Å². The number of nitrogens with two attached hydrogens (primary N) is 1. The Bertz CT molecular complexity index is 385. The molecule has 2 unspecified atom stereocenters. The highest BCUT2D eigenvalue weighted by molar-refractivity contribution is 9.10. The molecule has 1 fully saturated rings. The SMILES string of the molecule is CC1CN(c2ncc(Br)cc2F)CCC1N. The maximum Gasteiger partial charge on any atom is 0.166 e. The molecule has 0 aromatic carbocycles. The minimum absolute atomic E-state index is 0.217. The number of anilines is 1. The lowest BCUT2D eigenvalue weighted by Gasteiger charge is -2.35. The largest absolute Gasteiger partial charge is 0.354 e. The van der Waals surface area contributed by atoms with Crippen molar-refractivity contribution in [2.45, 2.75) is 19.4 Å².